The third-order valence-corrected chi connectivity index (χ3v) is 3.59. The molecule has 0 unspecified atom stereocenters. The number of phenolic OH excluding ortho intramolecular Hbond substituents is 1. The van der Waals surface area contributed by atoms with Gasteiger partial charge in [0.05, 0.1) is 12.8 Å². The molecule has 0 radical (unpaired) electrons. The number of hydrogen-bond donors (Lipinski definition) is 2. The molecule has 1 aromatic carbocycles. The molecular weight excluding hydrogens is 276 g/mol. The van der Waals surface area contributed by atoms with Gasteiger partial charge in [-0.3, -0.25) is 0 Å². The van der Waals surface area contributed by atoms with Crippen molar-refractivity contribution in [2.45, 2.75) is 13.3 Å². The molecule has 1 aliphatic rings. The van der Waals surface area contributed by atoms with E-state index in [1.165, 1.54) is 5.69 Å². The van der Waals surface area contributed by atoms with Crippen molar-refractivity contribution >= 4 is 11.8 Å². The first-order valence-electron chi connectivity index (χ1n) is 7.23. The number of H-pyrrole nitrogens is 1. The average molecular weight is 294 g/mol. The van der Waals surface area contributed by atoms with Gasteiger partial charge in [-0.25, -0.2) is 4.99 Å². The zero-order chi connectivity index (χ0) is 15.5. The largest absolute Gasteiger partial charge is 0.508 e. The third-order valence-electron chi connectivity index (χ3n) is 3.59. The number of rotatable bonds is 4. The molecule has 2 N–H and O–H groups in total. The van der Waals surface area contributed by atoms with Crippen LogP contribution in [0, 0.1) is 0 Å². The second-order valence-electron chi connectivity index (χ2n) is 5.08. The molecule has 1 aliphatic heterocycles. The molecule has 0 saturated carbocycles. The normalized spacial score (nSPS) is 15.8. The molecule has 0 bridgehead atoms. The highest BCUT2D eigenvalue weighted by Crippen LogP contribution is 2.25. The van der Waals surface area contributed by atoms with Gasteiger partial charge in [0.25, 0.3) is 0 Å². The fraction of sp³-hybridized carbons (Fsp3) is 0.167. The van der Waals surface area contributed by atoms with Crippen LogP contribution in [0.15, 0.2) is 58.9 Å². The molecule has 0 fully saturated rings. The van der Waals surface area contributed by atoms with Crippen LogP contribution in [-0.4, -0.2) is 22.9 Å². The number of aryl methyl sites for hydroxylation is 1. The lowest BCUT2D eigenvalue weighted by atomic mass is 10.1. The number of ether oxygens (including phenoxy) is 1. The Labute approximate surface area is 129 Å². The SMILES string of the molecule is CCc1ccc(/C=C2\N=C(c3ccc(O)cc3)C=C2OC)[nH]1. The van der Waals surface area contributed by atoms with E-state index in [0.29, 0.717) is 0 Å². The van der Waals surface area contributed by atoms with Crippen LogP contribution in [0.3, 0.4) is 0 Å². The van der Waals surface area contributed by atoms with Crippen molar-refractivity contribution < 1.29 is 9.84 Å². The van der Waals surface area contributed by atoms with Crippen molar-refractivity contribution in [2.24, 2.45) is 4.99 Å². The Kier molecular flexibility index (Phi) is 3.83. The quantitative estimate of drug-likeness (QED) is 0.904. The molecule has 0 spiro atoms. The van der Waals surface area contributed by atoms with E-state index in [9.17, 15) is 5.11 Å². The lowest BCUT2D eigenvalue weighted by Crippen LogP contribution is -1.92. The molecule has 0 atom stereocenters. The van der Waals surface area contributed by atoms with E-state index < -0.39 is 0 Å². The monoisotopic (exact) mass is 294 g/mol. The number of aromatic amines is 1. The summed E-state index contributed by atoms with van der Waals surface area (Å²) in [6.45, 7) is 2.11. The first-order chi connectivity index (χ1) is 10.7. The van der Waals surface area contributed by atoms with Gasteiger partial charge in [-0.15, -0.1) is 0 Å². The highest BCUT2D eigenvalue weighted by Gasteiger charge is 2.16. The minimum Gasteiger partial charge on any atom is -0.508 e. The average Bonchev–Trinajstić information content (AvgIpc) is 3.15. The van der Waals surface area contributed by atoms with Gasteiger partial charge >= 0.3 is 0 Å². The first-order valence-corrected chi connectivity index (χ1v) is 7.23. The summed E-state index contributed by atoms with van der Waals surface area (Å²) in [4.78, 5) is 7.96. The Bertz CT molecular complexity index is 765. The van der Waals surface area contributed by atoms with Crippen LogP contribution in [0.25, 0.3) is 6.08 Å². The molecule has 22 heavy (non-hydrogen) atoms. The fourth-order valence-electron chi connectivity index (χ4n) is 2.36. The number of phenols is 1. The van der Waals surface area contributed by atoms with E-state index in [0.717, 1.165) is 34.8 Å². The van der Waals surface area contributed by atoms with Crippen molar-refractivity contribution in [3.05, 3.63) is 70.9 Å². The van der Waals surface area contributed by atoms with Gasteiger partial charge in [-0.05, 0) is 48.9 Å². The Balaban J connectivity index is 1.94. The topological polar surface area (TPSA) is 57.6 Å². The van der Waals surface area contributed by atoms with Gasteiger partial charge in [-0.1, -0.05) is 6.92 Å². The van der Waals surface area contributed by atoms with Gasteiger partial charge < -0.3 is 14.8 Å². The molecule has 0 saturated heterocycles. The molecule has 4 heteroatoms. The summed E-state index contributed by atoms with van der Waals surface area (Å²) in [7, 11) is 1.64. The van der Waals surface area contributed by atoms with Crippen molar-refractivity contribution in [1.82, 2.24) is 4.98 Å². The predicted molar refractivity (Wildman–Crippen MR) is 87.9 cm³/mol. The second-order valence-corrected chi connectivity index (χ2v) is 5.08. The summed E-state index contributed by atoms with van der Waals surface area (Å²) in [5.74, 6) is 0.975. The van der Waals surface area contributed by atoms with E-state index >= 15 is 0 Å². The number of aromatic hydroxyl groups is 1. The van der Waals surface area contributed by atoms with E-state index in [1.54, 1.807) is 19.2 Å². The van der Waals surface area contributed by atoms with E-state index in [-0.39, 0.29) is 5.75 Å². The minimum atomic E-state index is 0.243. The predicted octanol–water partition coefficient (Wildman–Crippen LogP) is 3.66. The molecule has 3 rings (SSSR count). The second kappa shape index (κ2) is 5.93. The summed E-state index contributed by atoms with van der Waals surface area (Å²) >= 11 is 0. The zero-order valence-corrected chi connectivity index (χ0v) is 12.6. The summed E-state index contributed by atoms with van der Waals surface area (Å²) < 4.78 is 5.42. The number of methoxy groups -OCH3 is 1. The smallest absolute Gasteiger partial charge is 0.146 e. The number of aromatic nitrogens is 1. The van der Waals surface area contributed by atoms with E-state index in [2.05, 4.69) is 23.0 Å². The molecule has 1 aromatic heterocycles. The highest BCUT2D eigenvalue weighted by atomic mass is 16.5. The molecule has 2 heterocycles. The van der Waals surface area contributed by atoms with Crippen LogP contribution >= 0.6 is 0 Å². The molecule has 112 valence electrons. The standard InChI is InChI=1S/C18H18N2O2/c1-3-13-6-7-14(19-13)10-17-18(22-2)11-16(20-17)12-4-8-15(21)9-5-12/h4-11,19,21H,3H2,1-2H3/b17-10-. The molecular formula is C18H18N2O2. The number of nitrogens with one attached hydrogen (secondary N) is 1. The summed E-state index contributed by atoms with van der Waals surface area (Å²) in [5, 5.41) is 9.37. The van der Waals surface area contributed by atoms with Crippen LogP contribution in [0.4, 0.5) is 0 Å². The number of hydrogen-bond acceptors (Lipinski definition) is 3. The van der Waals surface area contributed by atoms with Crippen molar-refractivity contribution in [3.63, 3.8) is 0 Å². The number of benzene rings is 1. The van der Waals surface area contributed by atoms with Gasteiger partial charge in [0, 0.05) is 23.0 Å². The Morgan fingerprint density at radius 3 is 2.59 bits per heavy atom. The molecule has 0 aliphatic carbocycles. The van der Waals surface area contributed by atoms with Gasteiger partial charge in [-0.2, -0.15) is 0 Å². The number of nitrogens with zero attached hydrogens (tertiary/aromatic N) is 1. The van der Waals surface area contributed by atoms with E-state index in [4.69, 9.17) is 4.74 Å². The number of aliphatic imine (C=N–C) groups is 1. The molecule has 0 amide bonds. The van der Waals surface area contributed by atoms with Crippen molar-refractivity contribution in [1.29, 1.82) is 0 Å². The van der Waals surface area contributed by atoms with Gasteiger partial charge in [0.15, 0.2) is 0 Å². The van der Waals surface area contributed by atoms with Gasteiger partial charge in [0.2, 0.25) is 0 Å². The van der Waals surface area contributed by atoms with Crippen LogP contribution < -0.4 is 0 Å². The maximum atomic E-state index is 9.37. The maximum absolute atomic E-state index is 9.37. The van der Waals surface area contributed by atoms with Crippen molar-refractivity contribution in [3.8, 4) is 5.75 Å². The Hall–Kier alpha value is -2.75. The van der Waals surface area contributed by atoms with Crippen molar-refractivity contribution in [2.75, 3.05) is 7.11 Å². The Morgan fingerprint density at radius 2 is 1.95 bits per heavy atom. The zero-order valence-electron chi connectivity index (χ0n) is 12.6. The molecule has 4 nitrogen and oxygen atoms in total. The lowest BCUT2D eigenvalue weighted by Gasteiger charge is -2.00. The van der Waals surface area contributed by atoms with Crippen LogP contribution in [0.2, 0.25) is 0 Å². The summed E-state index contributed by atoms with van der Waals surface area (Å²) in [6, 6.07) is 11.1. The summed E-state index contributed by atoms with van der Waals surface area (Å²) in [5.41, 5.74) is 4.75. The third kappa shape index (κ3) is 2.81. The lowest BCUT2D eigenvalue weighted by molar-refractivity contribution is 0.303. The molecule has 2 aromatic rings. The van der Waals surface area contributed by atoms with Crippen LogP contribution in [0.1, 0.15) is 23.9 Å². The minimum absolute atomic E-state index is 0.243. The first kappa shape index (κ1) is 14.2. The summed E-state index contributed by atoms with van der Waals surface area (Å²) in [6.07, 6.45) is 4.85. The highest BCUT2D eigenvalue weighted by molar-refractivity contribution is 6.12. The van der Waals surface area contributed by atoms with E-state index in [1.807, 2.05) is 30.4 Å². The van der Waals surface area contributed by atoms with Gasteiger partial charge in [0.1, 0.15) is 17.2 Å². The Morgan fingerprint density at radius 1 is 1.18 bits per heavy atom. The number of allylic oxidation sites excluding steroid dienone is 1. The maximum Gasteiger partial charge on any atom is 0.146 e. The van der Waals surface area contributed by atoms with Crippen LogP contribution in [-0.2, 0) is 11.2 Å². The fourth-order valence-corrected chi connectivity index (χ4v) is 2.36. The van der Waals surface area contributed by atoms with Crippen LogP contribution in [0.5, 0.6) is 5.75 Å².